The van der Waals surface area contributed by atoms with Crippen LogP contribution in [-0.4, -0.2) is 4.67 Å². The molecule has 3 aliphatic rings. The van der Waals surface area contributed by atoms with Crippen LogP contribution >= 0.6 is 7.75 Å². The van der Waals surface area contributed by atoms with Crippen LogP contribution in [-0.2, 0) is 22.8 Å². The van der Waals surface area contributed by atoms with Crippen LogP contribution in [0, 0.1) is 0 Å². The molecule has 5 heteroatoms. The first-order chi connectivity index (χ1) is 18.5. The van der Waals surface area contributed by atoms with Crippen LogP contribution in [0.1, 0.15) is 72.2 Å². The number of aryl methyl sites for hydroxylation is 2. The van der Waals surface area contributed by atoms with Gasteiger partial charge in [-0.15, -0.1) is 0 Å². The molecule has 0 unspecified atom stereocenters. The highest BCUT2D eigenvalue weighted by molar-refractivity contribution is 7.52. The van der Waals surface area contributed by atoms with Crippen molar-refractivity contribution in [3.05, 3.63) is 130 Å². The zero-order valence-corrected chi connectivity index (χ0v) is 22.7. The van der Waals surface area contributed by atoms with Crippen LogP contribution in [0.15, 0.2) is 97.1 Å². The maximum absolute atomic E-state index is 15.4. The summed E-state index contributed by atoms with van der Waals surface area (Å²) in [4.78, 5) is 0. The maximum Gasteiger partial charge on any atom is 0.516 e. The zero-order valence-electron chi connectivity index (χ0n) is 21.8. The number of rotatable bonds is 5. The summed E-state index contributed by atoms with van der Waals surface area (Å²) in [6.07, 6.45) is 4.06. The molecule has 4 aromatic rings. The lowest BCUT2D eigenvalue weighted by atomic mass is 9.76. The third kappa shape index (κ3) is 3.51. The Morgan fingerprint density at radius 3 is 1.55 bits per heavy atom. The van der Waals surface area contributed by atoms with Crippen molar-refractivity contribution in [3.63, 3.8) is 0 Å². The summed E-state index contributed by atoms with van der Waals surface area (Å²) >= 11 is 0. The van der Waals surface area contributed by atoms with E-state index in [1.807, 2.05) is 65.3 Å². The molecule has 0 saturated heterocycles. The summed E-state index contributed by atoms with van der Waals surface area (Å²) in [7, 11) is -3.91. The lowest BCUT2D eigenvalue weighted by Gasteiger charge is -2.41. The van der Waals surface area contributed by atoms with Crippen molar-refractivity contribution in [2.45, 2.75) is 57.0 Å². The van der Waals surface area contributed by atoms with Gasteiger partial charge < -0.3 is 9.05 Å². The molecule has 2 aliphatic carbocycles. The van der Waals surface area contributed by atoms with Gasteiger partial charge in [0.1, 0.15) is 11.5 Å². The summed E-state index contributed by atoms with van der Waals surface area (Å²) in [5.41, 5.74) is 7.03. The molecule has 0 fully saturated rings. The molecule has 4 nitrogen and oxygen atoms in total. The third-order valence-corrected chi connectivity index (χ3v) is 11.0. The van der Waals surface area contributed by atoms with Crippen LogP contribution in [0.5, 0.6) is 11.5 Å². The fourth-order valence-corrected chi connectivity index (χ4v) is 9.29. The van der Waals surface area contributed by atoms with Gasteiger partial charge in [0.2, 0.25) is 0 Å². The van der Waals surface area contributed by atoms with E-state index in [0.29, 0.717) is 11.5 Å². The van der Waals surface area contributed by atoms with Gasteiger partial charge in [-0.1, -0.05) is 84.9 Å². The Kier molecular flexibility index (Phi) is 5.54. The van der Waals surface area contributed by atoms with Gasteiger partial charge in [-0.3, -0.25) is 0 Å². The molecule has 0 aromatic heterocycles. The molecule has 0 amide bonds. The number of benzene rings is 4. The molecule has 0 saturated carbocycles. The Balaban J connectivity index is 1.45. The first kappa shape index (κ1) is 23.8. The topological polar surface area (TPSA) is 38.8 Å². The first-order valence-electron chi connectivity index (χ1n) is 13.6. The van der Waals surface area contributed by atoms with Gasteiger partial charge in [0.05, 0.1) is 0 Å². The molecular formula is C33H32NO3P. The fraction of sp³-hybridized carbons (Fsp3) is 0.273. The molecule has 1 spiro atoms. The quantitative estimate of drug-likeness (QED) is 0.247. The predicted octanol–water partition coefficient (Wildman–Crippen LogP) is 8.57. The summed E-state index contributed by atoms with van der Waals surface area (Å²) in [5.74, 6) is 1.41. The molecule has 192 valence electrons. The largest absolute Gasteiger partial charge is 0.516 e. The van der Waals surface area contributed by atoms with E-state index < -0.39 is 7.75 Å². The third-order valence-electron chi connectivity index (χ3n) is 8.89. The van der Waals surface area contributed by atoms with Crippen molar-refractivity contribution < 1.29 is 13.6 Å². The molecular weight excluding hydrogens is 489 g/mol. The summed E-state index contributed by atoms with van der Waals surface area (Å²) < 4.78 is 30.8. The molecule has 0 radical (unpaired) electrons. The Morgan fingerprint density at radius 1 is 0.658 bits per heavy atom. The van der Waals surface area contributed by atoms with Gasteiger partial charge >= 0.3 is 7.75 Å². The van der Waals surface area contributed by atoms with E-state index in [1.54, 1.807) is 0 Å². The molecule has 38 heavy (non-hydrogen) atoms. The van der Waals surface area contributed by atoms with Gasteiger partial charge in [-0.2, -0.15) is 4.67 Å². The number of hydrogen-bond donors (Lipinski definition) is 0. The van der Waals surface area contributed by atoms with Gasteiger partial charge in [0.15, 0.2) is 0 Å². The van der Waals surface area contributed by atoms with Gasteiger partial charge in [0, 0.05) is 28.6 Å². The van der Waals surface area contributed by atoms with E-state index in [1.165, 1.54) is 22.3 Å². The van der Waals surface area contributed by atoms with Crippen molar-refractivity contribution in [2.75, 3.05) is 0 Å². The lowest BCUT2D eigenvalue weighted by molar-refractivity contribution is 0.203. The first-order valence-corrected chi connectivity index (χ1v) is 15.1. The van der Waals surface area contributed by atoms with Crippen LogP contribution in [0.3, 0.4) is 0 Å². The Bertz CT molecular complexity index is 1440. The molecule has 1 heterocycles. The van der Waals surface area contributed by atoms with Crippen LogP contribution in [0.4, 0.5) is 0 Å². The average Bonchev–Trinajstić information content (AvgIpc) is 3.51. The highest BCUT2D eigenvalue weighted by Gasteiger charge is 2.53. The van der Waals surface area contributed by atoms with Gasteiger partial charge in [-0.25, -0.2) is 4.57 Å². The van der Waals surface area contributed by atoms with Crippen LogP contribution in [0.2, 0.25) is 0 Å². The second kappa shape index (κ2) is 8.86. The zero-order chi connectivity index (χ0) is 25.9. The highest BCUT2D eigenvalue weighted by Crippen LogP contribution is 2.66. The SMILES string of the molecule is C[C@H](c1ccccc1)N([C@H](C)c1ccccc1)P1(=O)Oc2cccc3c2C2(CC3)CCc3cccc(c32)O1. The monoisotopic (exact) mass is 521 g/mol. The normalized spacial score (nSPS) is 19.3. The molecule has 0 N–H and O–H groups in total. The van der Waals surface area contributed by atoms with E-state index in [9.17, 15) is 0 Å². The van der Waals surface area contributed by atoms with Crippen LogP contribution in [0.25, 0.3) is 0 Å². The minimum Gasteiger partial charge on any atom is -0.404 e. The molecule has 7 rings (SSSR count). The highest BCUT2D eigenvalue weighted by atomic mass is 31.2. The standard InChI is InChI=1S/C33H32NO3P/c1-23(25-11-5-3-6-12-25)34(24(2)26-13-7-4-8-14-26)38(35)36-29-17-9-15-27-19-21-33(31(27)29)22-20-28-16-10-18-30(37-38)32(28)33/h3-18,23-24H,19-22H2,1-2H3/t23-,24-,33?/m1/s1. The minimum atomic E-state index is -3.91. The average molecular weight is 522 g/mol. The minimum absolute atomic E-state index is 0.135. The van der Waals surface area contributed by atoms with E-state index in [0.717, 1.165) is 36.8 Å². The van der Waals surface area contributed by atoms with Crippen molar-refractivity contribution in [2.24, 2.45) is 0 Å². The fourth-order valence-electron chi connectivity index (χ4n) is 7.14. The molecule has 0 bridgehead atoms. The second-order valence-corrected chi connectivity index (χ2v) is 12.6. The van der Waals surface area contributed by atoms with Gasteiger partial charge in [-0.05, 0) is 73.9 Å². The van der Waals surface area contributed by atoms with E-state index in [-0.39, 0.29) is 17.5 Å². The Hall–Kier alpha value is -3.33. The van der Waals surface area contributed by atoms with E-state index in [4.69, 9.17) is 9.05 Å². The van der Waals surface area contributed by atoms with Crippen molar-refractivity contribution in [1.29, 1.82) is 0 Å². The number of nitrogens with zero attached hydrogens (tertiary/aromatic N) is 1. The maximum atomic E-state index is 15.4. The summed E-state index contributed by atoms with van der Waals surface area (Å²) in [5, 5.41) is 0. The summed E-state index contributed by atoms with van der Waals surface area (Å²) in [6.45, 7) is 4.18. The summed E-state index contributed by atoms with van der Waals surface area (Å²) in [6, 6.07) is 32.4. The second-order valence-electron chi connectivity index (χ2n) is 10.9. The van der Waals surface area contributed by atoms with Crippen LogP contribution < -0.4 is 9.05 Å². The Labute approximate surface area is 224 Å². The van der Waals surface area contributed by atoms with Crippen molar-refractivity contribution >= 4 is 7.75 Å². The Morgan fingerprint density at radius 2 is 1.11 bits per heavy atom. The lowest BCUT2D eigenvalue weighted by Crippen LogP contribution is -2.33. The molecule has 1 aliphatic heterocycles. The van der Waals surface area contributed by atoms with E-state index in [2.05, 4.69) is 50.2 Å². The smallest absolute Gasteiger partial charge is 0.404 e. The predicted molar refractivity (Wildman–Crippen MR) is 151 cm³/mol. The van der Waals surface area contributed by atoms with Gasteiger partial charge in [0.25, 0.3) is 0 Å². The molecule has 2 atom stereocenters. The molecule has 4 aromatic carbocycles. The van der Waals surface area contributed by atoms with E-state index >= 15 is 4.57 Å². The number of hydrogen-bond acceptors (Lipinski definition) is 3. The van der Waals surface area contributed by atoms with Crippen molar-refractivity contribution in [1.82, 2.24) is 4.67 Å². The van der Waals surface area contributed by atoms with Crippen molar-refractivity contribution in [3.8, 4) is 11.5 Å².